The van der Waals surface area contributed by atoms with Gasteiger partial charge < -0.3 is 23.7 Å². The van der Waals surface area contributed by atoms with E-state index in [1.807, 2.05) is 0 Å². The molecule has 0 aromatic heterocycles. The Labute approximate surface area is 330 Å². The number of hydrogen-bond acceptors (Lipinski definition) is 5. The molecule has 2 saturated carbocycles. The molecule has 0 radical (unpaired) electrons. The van der Waals surface area contributed by atoms with Crippen molar-refractivity contribution >= 4 is 0 Å². The molecule has 4 aliphatic rings. The van der Waals surface area contributed by atoms with Gasteiger partial charge in [-0.15, -0.1) is 0 Å². The van der Waals surface area contributed by atoms with Gasteiger partial charge in [0.2, 0.25) is 0 Å². The lowest BCUT2D eigenvalue weighted by molar-refractivity contribution is -0.106. The van der Waals surface area contributed by atoms with Crippen LogP contribution in [-0.4, -0.2) is 25.8 Å². The molecule has 2 aliphatic carbocycles. The topological polar surface area (TPSA) is 46.2 Å². The molecule has 2 aliphatic heterocycles. The first kappa shape index (κ1) is 38.1. The third-order valence-corrected chi connectivity index (χ3v) is 12.5. The molecule has 55 heavy (non-hydrogen) atoms. The van der Waals surface area contributed by atoms with E-state index in [9.17, 15) is 0 Å². The van der Waals surface area contributed by atoms with E-state index in [0.29, 0.717) is 18.4 Å². The highest BCUT2D eigenvalue weighted by molar-refractivity contribution is 5.59. The molecule has 0 bridgehead atoms. The first-order valence-corrected chi connectivity index (χ1v) is 21.7. The zero-order valence-corrected chi connectivity index (χ0v) is 33.4. The molecule has 292 valence electrons. The number of ether oxygens (including phenoxy) is 5. The second-order valence-corrected chi connectivity index (χ2v) is 16.8. The Bertz CT molecular complexity index is 1740. The van der Waals surface area contributed by atoms with Crippen LogP contribution in [0.3, 0.4) is 0 Å². The van der Waals surface area contributed by atoms with Crippen molar-refractivity contribution in [2.75, 3.05) is 13.2 Å². The van der Waals surface area contributed by atoms with Gasteiger partial charge in [0, 0.05) is 29.9 Å². The van der Waals surface area contributed by atoms with Crippen LogP contribution in [0.25, 0.3) is 0 Å². The third kappa shape index (κ3) is 9.43. The highest BCUT2D eigenvalue weighted by Gasteiger charge is 2.34. The van der Waals surface area contributed by atoms with Crippen molar-refractivity contribution in [2.24, 2.45) is 0 Å². The summed E-state index contributed by atoms with van der Waals surface area (Å²) >= 11 is 0. The number of aryl methyl sites for hydroxylation is 2. The van der Waals surface area contributed by atoms with Gasteiger partial charge in [0.15, 0.2) is 12.6 Å². The Morgan fingerprint density at radius 3 is 1.58 bits per heavy atom. The number of benzene rings is 4. The lowest BCUT2D eigenvalue weighted by atomic mass is 9.71. The van der Waals surface area contributed by atoms with Gasteiger partial charge >= 0.3 is 0 Å². The molecule has 5 heteroatoms. The van der Waals surface area contributed by atoms with E-state index in [-0.39, 0.29) is 18.5 Å². The zero-order chi connectivity index (χ0) is 37.4. The summed E-state index contributed by atoms with van der Waals surface area (Å²) in [6, 6.07) is 29.0. The lowest BCUT2D eigenvalue weighted by Crippen LogP contribution is -2.27. The number of rotatable bonds is 12. The summed E-state index contributed by atoms with van der Waals surface area (Å²) in [5.41, 5.74) is 10.3. The van der Waals surface area contributed by atoms with E-state index in [2.05, 4.69) is 92.7 Å². The summed E-state index contributed by atoms with van der Waals surface area (Å²) < 4.78 is 33.1. The molecule has 2 atom stereocenters. The van der Waals surface area contributed by atoms with Gasteiger partial charge in [0.1, 0.15) is 23.9 Å². The fourth-order valence-electron chi connectivity index (χ4n) is 9.85. The van der Waals surface area contributed by atoms with Crippen molar-refractivity contribution in [3.63, 3.8) is 0 Å². The monoisotopic (exact) mass is 742 g/mol. The average molecular weight is 743 g/mol. The average Bonchev–Trinajstić information content (AvgIpc) is 3.22. The molecular formula is C50H62O5. The van der Waals surface area contributed by atoms with E-state index >= 15 is 0 Å². The molecule has 4 fully saturated rings. The molecule has 0 N–H and O–H groups in total. The van der Waals surface area contributed by atoms with E-state index in [0.717, 1.165) is 69.0 Å². The maximum atomic E-state index is 7.00. The largest absolute Gasteiger partial charge is 0.489 e. The first-order chi connectivity index (χ1) is 27.1. The molecular weight excluding hydrogens is 681 g/mol. The van der Waals surface area contributed by atoms with Gasteiger partial charge in [-0.1, -0.05) is 93.1 Å². The standard InChI is InChI=1S/C50H62O5/c1-35-29-42(49(38-19-8-4-9-20-38)44(31-35)54-46-25-12-14-27-51-46)48(40-23-16-24-41(33-40)53-34-37-17-6-3-7-18-37)43-30-36(2)32-45(55-47-26-13-15-28-52-47)50(43)39-21-10-5-11-22-39/h3,6-7,16-18,23-24,29-33,38-39,46-48H,4-5,8-15,19-22,25-28,34H2,1-2H3. The summed E-state index contributed by atoms with van der Waals surface area (Å²) in [7, 11) is 0. The van der Waals surface area contributed by atoms with Crippen molar-refractivity contribution in [3.8, 4) is 17.2 Å². The normalized spacial score (nSPS) is 21.9. The fraction of sp³-hybridized carbons (Fsp3) is 0.520. The van der Waals surface area contributed by atoms with Crippen LogP contribution < -0.4 is 14.2 Å². The van der Waals surface area contributed by atoms with Crippen LogP contribution in [-0.2, 0) is 16.1 Å². The molecule has 2 heterocycles. The lowest BCUT2D eigenvalue weighted by Gasteiger charge is -2.35. The summed E-state index contributed by atoms with van der Waals surface area (Å²) in [5.74, 6) is 3.75. The Morgan fingerprint density at radius 2 is 1.07 bits per heavy atom. The molecule has 8 rings (SSSR count). The highest BCUT2D eigenvalue weighted by Crippen LogP contribution is 2.51. The first-order valence-electron chi connectivity index (χ1n) is 21.7. The molecule has 0 spiro atoms. The summed E-state index contributed by atoms with van der Waals surface area (Å²) in [6.07, 6.45) is 18.3. The predicted octanol–water partition coefficient (Wildman–Crippen LogP) is 13.0. The van der Waals surface area contributed by atoms with Crippen LogP contribution in [0.5, 0.6) is 17.2 Å². The molecule has 0 amide bonds. The van der Waals surface area contributed by atoms with Crippen LogP contribution in [0, 0.1) is 13.8 Å². The maximum Gasteiger partial charge on any atom is 0.199 e. The zero-order valence-electron chi connectivity index (χ0n) is 33.4. The van der Waals surface area contributed by atoms with Crippen LogP contribution in [0.1, 0.15) is 165 Å². The summed E-state index contributed by atoms with van der Waals surface area (Å²) in [6.45, 7) is 6.55. The van der Waals surface area contributed by atoms with Gasteiger partial charge in [-0.2, -0.15) is 0 Å². The van der Waals surface area contributed by atoms with E-state index in [4.69, 9.17) is 23.7 Å². The van der Waals surface area contributed by atoms with Crippen molar-refractivity contribution in [3.05, 3.63) is 123 Å². The smallest absolute Gasteiger partial charge is 0.199 e. The minimum Gasteiger partial charge on any atom is -0.489 e. The summed E-state index contributed by atoms with van der Waals surface area (Å²) in [4.78, 5) is 0. The van der Waals surface area contributed by atoms with Crippen LogP contribution >= 0.6 is 0 Å². The number of hydrogen-bond donors (Lipinski definition) is 0. The Morgan fingerprint density at radius 1 is 0.545 bits per heavy atom. The van der Waals surface area contributed by atoms with Crippen LogP contribution in [0.4, 0.5) is 0 Å². The van der Waals surface area contributed by atoms with Gasteiger partial charge in [-0.05, 0) is 135 Å². The Balaban J connectivity index is 1.32. The quantitative estimate of drug-likeness (QED) is 0.135. The van der Waals surface area contributed by atoms with Crippen molar-refractivity contribution in [1.29, 1.82) is 0 Å². The van der Waals surface area contributed by atoms with Gasteiger partial charge in [-0.25, -0.2) is 0 Å². The highest BCUT2D eigenvalue weighted by atomic mass is 16.7. The molecule has 4 aromatic carbocycles. The molecule has 2 unspecified atom stereocenters. The minimum atomic E-state index is -0.203. The predicted molar refractivity (Wildman–Crippen MR) is 221 cm³/mol. The molecule has 4 aromatic rings. The van der Waals surface area contributed by atoms with Crippen LogP contribution in [0.15, 0.2) is 78.9 Å². The van der Waals surface area contributed by atoms with E-state index < -0.39 is 0 Å². The van der Waals surface area contributed by atoms with Gasteiger partial charge in [0.05, 0.1) is 13.2 Å². The second kappa shape index (κ2) is 18.4. The van der Waals surface area contributed by atoms with E-state index in [1.165, 1.54) is 109 Å². The Hall–Kier alpha value is -3.80. The SMILES string of the molecule is Cc1cc(OC2CCCCO2)c(C2CCCCC2)c(C(c2cccc(OCc3ccccc3)c2)c2cc(C)cc(OC3CCCCO3)c2C2CCCCC2)c1. The van der Waals surface area contributed by atoms with Crippen molar-refractivity contribution in [1.82, 2.24) is 0 Å². The van der Waals surface area contributed by atoms with Gasteiger partial charge in [-0.3, -0.25) is 0 Å². The van der Waals surface area contributed by atoms with E-state index in [1.54, 1.807) is 0 Å². The fourth-order valence-corrected chi connectivity index (χ4v) is 9.85. The van der Waals surface area contributed by atoms with Crippen LogP contribution in [0.2, 0.25) is 0 Å². The molecule has 5 nitrogen and oxygen atoms in total. The second-order valence-electron chi connectivity index (χ2n) is 16.8. The third-order valence-electron chi connectivity index (χ3n) is 12.5. The van der Waals surface area contributed by atoms with Crippen molar-refractivity contribution in [2.45, 2.75) is 154 Å². The maximum absolute atomic E-state index is 7.00. The minimum absolute atomic E-state index is 0.0434. The van der Waals surface area contributed by atoms with Crippen molar-refractivity contribution < 1.29 is 23.7 Å². The molecule has 2 saturated heterocycles. The summed E-state index contributed by atoms with van der Waals surface area (Å²) in [5, 5.41) is 0. The Kier molecular flexibility index (Phi) is 12.8. The van der Waals surface area contributed by atoms with Gasteiger partial charge in [0.25, 0.3) is 0 Å².